The lowest BCUT2D eigenvalue weighted by molar-refractivity contribution is 0.363. The molecular weight excluding hydrogens is 274 g/mol. The van der Waals surface area contributed by atoms with Gasteiger partial charge in [0, 0.05) is 45.8 Å². The van der Waals surface area contributed by atoms with Crippen molar-refractivity contribution in [1.29, 1.82) is 0 Å². The zero-order chi connectivity index (χ0) is 16.2. The van der Waals surface area contributed by atoms with Crippen LogP contribution in [-0.4, -0.2) is 47.3 Å². The molecule has 2 rings (SSSR count). The molecule has 1 aromatic heterocycles. The van der Waals surface area contributed by atoms with Crippen LogP contribution in [0.5, 0.6) is 0 Å². The van der Waals surface area contributed by atoms with Crippen LogP contribution in [0.1, 0.15) is 51.5 Å². The Kier molecular flexibility index (Phi) is 5.48. The molecule has 1 aromatic rings. The van der Waals surface area contributed by atoms with E-state index in [0.29, 0.717) is 11.3 Å². The lowest BCUT2D eigenvalue weighted by Crippen LogP contribution is -2.40. The molecule has 0 amide bonds. The Bertz CT molecular complexity index is 497. The fourth-order valence-electron chi connectivity index (χ4n) is 3.03. The van der Waals surface area contributed by atoms with Crippen LogP contribution in [0, 0.1) is 5.41 Å². The first kappa shape index (κ1) is 16.8. The summed E-state index contributed by atoms with van der Waals surface area (Å²) < 4.78 is 1.89. The predicted octanol–water partition coefficient (Wildman–Crippen LogP) is 2.61. The zero-order valence-electron chi connectivity index (χ0n) is 14.8. The van der Waals surface area contributed by atoms with Crippen molar-refractivity contribution in [1.82, 2.24) is 20.0 Å². The van der Waals surface area contributed by atoms with Gasteiger partial charge in [0.1, 0.15) is 0 Å². The van der Waals surface area contributed by atoms with E-state index in [4.69, 9.17) is 0 Å². The maximum Gasteiger partial charge on any atom is 0.193 e. The van der Waals surface area contributed by atoms with Crippen molar-refractivity contribution in [2.75, 3.05) is 26.7 Å². The van der Waals surface area contributed by atoms with Gasteiger partial charge in [-0.1, -0.05) is 20.8 Å². The molecule has 5 nitrogen and oxygen atoms in total. The highest BCUT2D eigenvalue weighted by atomic mass is 15.3. The average Bonchev–Trinajstić information content (AvgIpc) is 3.06. The summed E-state index contributed by atoms with van der Waals surface area (Å²) in [5.74, 6) is 1.61. The Balaban J connectivity index is 1.80. The maximum absolute atomic E-state index is 4.45. The SMILES string of the molecule is CN=C(NCCCC(C)(C)C)N1CCC(c2cnn(C)c2)C1. The number of guanidine groups is 1. The first-order valence-electron chi connectivity index (χ1n) is 8.33. The van der Waals surface area contributed by atoms with Crippen molar-refractivity contribution in [2.45, 2.75) is 46.0 Å². The molecule has 1 saturated heterocycles. The van der Waals surface area contributed by atoms with E-state index >= 15 is 0 Å². The first-order valence-corrected chi connectivity index (χ1v) is 8.33. The van der Waals surface area contributed by atoms with E-state index in [0.717, 1.165) is 25.6 Å². The smallest absolute Gasteiger partial charge is 0.193 e. The van der Waals surface area contributed by atoms with Gasteiger partial charge < -0.3 is 10.2 Å². The highest BCUT2D eigenvalue weighted by Gasteiger charge is 2.26. The second-order valence-corrected chi connectivity index (χ2v) is 7.52. The lowest BCUT2D eigenvalue weighted by atomic mass is 9.91. The third kappa shape index (κ3) is 4.75. The van der Waals surface area contributed by atoms with Crippen molar-refractivity contribution >= 4 is 5.96 Å². The molecule has 0 spiro atoms. The fraction of sp³-hybridized carbons (Fsp3) is 0.765. The van der Waals surface area contributed by atoms with E-state index < -0.39 is 0 Å². The number of aryl methyl sites for hydroxylation is 1. The summed E-state index contributed by atoms with van der Waals surface area (Å²) in [6, 6.07) is 0. The second kappa shape index (κ2) is 7.16. The van der Waals surface area contributed by atoms with E-state index in [9.17, 15) is 0 Å². The van der Waals surface area contributed by atoms with E-state index in [1.54, 1.807) is 0 Å². The molecule has 5 heteroatoms. The molecule has 2 heterocycles. The first-order chi connectivity index (χ1) is 10.4. The van der Waals surface area contributed by atoms with Crippen molar-refractivity contribution in [2.24, 2.45) is 17.5 Å². The van der Waals surface area contributed by atoms with Gasteiger partial charge in [-0.25, -0.2) is 0 Å². The molecule has 124 valence electrons. The molecular formula is C17H31N5. The molecule has 22 heavy (non-hydrogen) atoms. The Labute approximate surface area is 134 Å². The Morgan fingerprint density at radius 3 is 2.82 bits per heavy atom. The number of rotatable bonds is 4. The lowest BCUT2D eigenvalue weighted by Gasteiger charge is -2.23. The summed E-state index contributed by atoms with van der Waals surface area (Å²) in [4.78, 5) is 6.82. The van der Waals surface area contributed by atoms with Crippen LogP contribution in [-0.2, 0) is 7.05 Å². The molecule has 0 radical (unpaired) electrons. The van der Waals surface area contributed by atoms with E-state index in [1.807, 2.05) is 25.0 Å². The predicted molar refractivity (Wildman–Crippen MR) is 92.2 cm³/mol. The third-order valence-corrected chi connectivity index (χ3v) is 4.28. The van der Waals surface area contributed by atoms with Gasteiger partial charge in [-0.15, -0.1) is 0 Å². The van der Waals surface area contributed by atoms with Crippen LogP contribution in [0.15, 0.2) is 17.4 Å². The molecule has 0 saturated carbocycles. The summed E-state index contributed by atoms with van der Waals surface area (Å²) in [5, 5.41) is 7.80. The number of likely N-dealkylation sites (tertiary alicyclic amines) is 1. The van der Waals surface area contributed by atoms with Gasteiger partial charge in [-0.05, 0) is 30.2 Å². The minimum absolute atomic E-state index is 0.407. The topological polar surface area (TPSA) is 45.5 Å². The number of aliphatic imine (C=N–C) groups is 1. The van der Waals surface area contributed by atoms with Gasteiger partial charge in [0.15, 0.2) is 5.96 Å². The van der Waals surface area contributed by atoms with Crippen LogP contribution in [0.2, 0.25) is 0 Å². The van der Waals surface area contributed by atoms with Gasteiger partial charge in [-0.2, -0.15) is 5.10 Å². The normalized spacial score (nSPS) is 19.8. The van der Waals surface area contributed by atoms with Crippen LogP contribution >= 0.6 is 0 Å². The van der Waals surface area contributed by atoms with Crippen LogP contribution in [0.25, 0.3) is 0 Å². The Morgan fingerprint density at radius 1 is 1.45 bits per heavy atom. The number of hydrogen-bond acceptors (Lipinski definition) is 2. The largest absolute Gasteiger partial charge is 0.356 e. The summed E-state index contributed by atoms with van der Waals surface area (Å²) in [6.07, 6.45) is 7.72. The Hall–Kier alpha value is -1.52. The average molecular weight is 305 g/mol. The van der Waals surface area contributed by atoms with Crippen molar-refractivity contribution in [3.63, 3.8) is 0 Å². The minimum Gasteiger partial charge on any atom is -0.356 e. The van der Waals surface area contributed by atoms with Crippen molar-refractivity contribution < 1.29 is 0 Å². The van der Waals surface area contributed by atoms with Gasteiger partial charge in [0.25, 0.3) is 0 Å². The highest BCUT2D eigenvalue weighted by molar-refractivity contribution is 5.80. The van der Waals surface area contributed by atoms with E-state index in [2.05, 4.69) is 47.3 Å². The highest BCUT2D eigenvalue weighted by Crippen LogP contribution is 2.26. The molecule has 1 atom stereocenters. The fourth-order valence-corrected chi connectivity index (χ4v) is 3.03. The summed E-state index contributed by atoms with van der Waals surface area (Å²) >= 11 is 0. The van der Waals surface area contributed by atoms with Gasteiger partial charge in [-0.3, -0.25) is 9.67 Å². The van der Waals surface area contributed by atoms with Crippen LogP contribution in [0.3, 0.4) is 0 Å². The van der Waals surface area contributed by atoms with E-state index in [1.165, 1.54) is 24.8 Å². The summed E-state index contributed by atoms with van der Waals surface area (Å²) in [5.41, 5.74) is 1.75. The molecule has 1 aliphatic rings. The molecule has 1 N–H and O–H groups in total. The van der Waals surface area contributed by atoms with Gasteiger partial charge in [0.05, 0.1) is 6.20 Å². The summed E-state index contributed by atoms with van der Waals surface area (Å²) in [6.45, 7) is 9.98. The molecule has 1 fully saturated rings. The number of nitrogens with one attached hydrogen (secondary N) is 1. The standard InChI is InChI=1S/C17H31N5/c1-17(2,3)8-6-9-19-16(18-4)22-10-7-14(13-22)15-11-20-21(5)12-15/h11-12,14H,6-10,13H2,1-5H3,(H,18,19). The number of hydrogen-bond donors (Lipinski definition) is 1. The quantitative estimate of drug-likeness (QED) is 0.528. The molecule has 0 bridgehead atoms. The maximum atomic E-state index is 4.45. The van der Waals surface area contributed by atoms with Crippen LogP contribution < -0.4 is 5.32 Å². The van der Waals surface area contributed by atoms with Crippen molar-refractivity contribution in [3.05, 3.63) is 18.0 Å². The molecule has 0 aliphatic carbocycles. The molecule has 1 aliphatic heterocycles. The zero-order valence-corrected chi connectivity index (χ0v) is 14.8. The third-order valence-electron chi connectivity index (χ3n) is 4.28. The monoisotopic (exact) mass is 305 g/mol. The van der Waals surface area contributed by atoms with Crippen LogP contribution in [0.4, 0.5) is 0 Å². The number of aromatic nitrogens is 2. The van der Waals surface area contributed by atoms with Gasteiger partial charge in [0.2, 0.25) is 0 Å². The summed E-state index contributed by atoms with van der Waals surface area (Å²) in [7, 11) is 3.86. The Morgan fingerprint density at radius 2 is 2.23 bits per heavy atom. The van der Waals surface area contributed by atoms with E-state index in [-0.39, 0.29) is 0 Å². The minimum atomic E-state index is 0.407. The van der Waals surface area contributed by atoms with Gasteiger partial charge >= 0.3 is 0 Å². The molecule has 0 aromatic carbocycles. The molecule has 1 unspecified atom stereocenters. The van der Waals surface area contributed by atoms with Crippen molar-refractivity contribution in [3.8, 4) is 0 Å². The number of nitrogens with zero attached hydrogens (tertiary/aromatic N) is 4. The second-order valence-electron chi connectivity index (χ2n) is 7.52.